The molecule has 0 unspecified atom stereocenters. The Labute approximate surface area is 167 Å². The molecular formula is C19H28IN5. The van der Waals surface area contributed by atoms with Gasteiger partial charge < -0.3 is 10.6 Å². The van der Waals surface area contributed by atoms with Crippen molar-refractivity contribution in [2.45, 2.75) is 37.6 Å². The maximum absolute atomic E-state index is 4.35. The Balaban J connectivity index is 0.00000225. The summed E-state index contributed by atoms with van der Waals surface area (Å²) in [5.41, 5.74) is 1.71. The number of rotatable bonds is 7. The first-order chi connectivity index (χ1) is 11.8. The van der Waals surface area contributed by atoms with Crippen molar-refractivity contribution in [3.63, 3.8) is 0 Å². The maximum atomic E-state index is 4.35. The van der Waals surface area contributed by atoms with Crippen molar-refractivity contribution in [2.75, 3.05) is 20.1 Å². The predicted molar refractivity (Wildman–Crippen MR) is 114 cm³/mol. The summed E-state index contributed by atoms with van der Waals surface area (Å²) in [7, 11) is 1.83. The summed E-state index contributed by atoms with van der Waals surface area (Å²) in [6, 6.07) is 12.8. The lowest BCUT2D eigenvalue weighted by molar-refractivity contribution is 0.244. The molecule has 25 heavy (non-hydrogen) atoms. The van der Waals surface area contributed by atoms with Crippen molar-refractivity contribution in [1.82, 2.24) is 20.4 Å². The summed E-state index contributed by atoms with van der Waals surface area (Å²) in [6.07, 6.45) is 8.64. The third-order valence-corrected chi connectivity index (χ3v) is 4.93. The highest BCUT2D eigenvalue weighted by Crippen LogP contribution is 2.43. The molecule has 0 spiro atoms. The van der Waals surface area contributed by atoms with Gasteiger partial charge in [0, 0.05) is 44.5 Å². The second-order valence-corrected chi connectivity index (χ2v) is 6.48. The molecule has 2 N–H and O–H groups in total. The highest BCUT2D eigenvalue weighted by Gasteiger charge is 2.38. The van der Waals surface area contributed by atoms with Gasteiger partial charge >= 0.3 is 0 Å². The molecule has 1 aliphatic rings. The van der Waals surface area contributed by atoms with Gasteiger partial charge in [0.05, 0.1) is 0 Å². The highest BCUT2D eigenvalue weighted by atomic mass is 127. The molecule has 0 saturated heterocycles. The van der Waals surface area contributed by atoms with E-state index in [4.69, 9.17) is 0 Å². The lowest BCUT2D eigenvalue weighted by Crippen LogP contribution is -2.49. The van der Waals surface area contributed by atoms with Crippen LogP contribution < -0.4 is 10.6 Å². The number of halogens is 1. The molecule has 1 aromatic heterocycles. The van der Waals surface area contributed by atoms with E-state index in [-0.39, 0.29) is 29.4 Å². The zero-order chi connectivity index (χ0) is 16.7. The molecule has 1 aliphatic carbocycles. The SMILES string of the molecule is CN=C(NCCCn1cccn1)NCC1(c2ccccc2)CCC1.I. The predicted octanol–water partition coefficient (Wildman–Crippen LogP) is 3.18. The van der Waals surface area contributed by atoms with Crippen LogP contribution in [0.25, 0.3) is 0 Å². The van der Waals surface area contributed by atoms with E-state index >= 15 is 0 Å². The Morgan fingerprint density at radius 3 is 2.60 bits per heavy atom. The van der Waals surface area contributed by atoms with Gasteiger partial charge in [-0.25, -0.2) is 0 Å². The second-order valence-electron chi connectivity index (χ2n) is 6.48. The lowest BCUT2D eigenvalue weighted by atomic mass is 9.64. The van der Waals surface area contributed by atoms with Crippen LogP contribution in [0.15, 0.2) is 53.8 Å². The van der Waals surface area contributed by atoms with Crippen molar-refractivity contribution in [1.29, 1.82) is 0 Å². The van der Waals surface area contributed by atoms with Gasteiger partial charge in [0.2, 0.25) is 0 Å². The largest absolute Gasteiger partial charge is 0.356 e. The van der Waals surface area contributed by atoms with Crippen molar-refractivity contribution >= 4 is 29.9 Å². The first-order valence-corrected chi connectivity index (χ1v) is 8.80. The zero-order valence-corrected chi connectivity index (χ0v) is 17.1. The van der Waals surface area contributed by atoms with Crippen LogP contribution in [0.1, 0.15) is 31.2 Å². The molecule has 6 heteroatoms. The monoisotopic (exact) mass is 453 g/mol. The van der Waals surface area contributed by atoms with Gasteiger partial charge in [0.15, 0.2) is 5.96 Å². The molecule has 1 aromatic carbocycles. The van der Waals surface area contributed by atoms with Gasteiger partial charge in [-0.1, -0.05) is 36.8 Å². The van der Waals surface area contributed by atoms with E-state index in [0.717, 1.165) is 32.0 Å². The van der Waals surface area contributed by atoms with Gasteiger partial charge in [0.1, 0.15) is 0 Å². The van der Waals surface area contributed by atoms with Crippen LogP contribution in [-0.4, -0.2) is 35.9 Å². The van der Waals surface area contributed by atoms with Crippen LogP contribution in [0.4, 0.5) is 0 Å². The van der Waals surface area contributed by atoms with E-state index in [9.17, 15) is 0 Å². The Hall–Kier alpha value is -1.57. The quantitative estimate of drug-likeness (QED) is 0.293. The Morgan fingerprint density at radius 2 is 2.00 bits per heavy atom. The number of guanidine groups is 1. The minimum atomic E-state index is 0. The number of hydrogen-bond donors (Lipinski definition) is 2. The van der Waals surface area contributed by atoms with E-state index < -0.39 is 0 Å². The average Bonchev–Trinajstić information content (AvgIpc) is 3.10. The minimum absolute atomic E-state index is 0. The summed E-state index contributed by atoms with van der Waals surface area (Å²) in [5.74, 6) is 0.887. The molecule has 3 rings (SSSR count). The van der Waals surface area contributed by atoms with E-state index in [0.29, 0.717) is 0 Å². The first kappa shape index (κ1) is 19.8. The number of benzene rings is 1. The second kappa shape index (κ2) is 9.79. The van der Waals surface area contributed by atoms with Crippen LogP contribution in [0.3, 0.4) is 0 Å². The van der Waals surface area contributed by atoms with E-state index in [2.05, 4.69) is 51.1 Å². The number of nitrogens with zero attached hydrogens (tertiary/aromatic N) is 3. The van der Waals surface area contributed by atoms with Gasteiger partial charge in [0.25, 0.3) is 0 Å². The summed E-state index contributed by atoms with van der Waals surface area (Å²) in [5, 5.41) is 11.1. The van der Waals surface area contributed by atoms with Gasteiger partial charge in [-0.3, -0.25) is 9.67 Å². The van der Waals surface area contributed by atoms with Crippen LogP contribution in [-0.2, 0) is 12.0 Å². The first-order valence-electron chi connectivity index (χ1n) is 8.80. The fourth-order valence-corrected chi connectivity index (χ4v) is 3.32. The molecule has 0 bridgehead atoms. The molecule has 136 valence electrons. The molecule has 0 radical (unpaired) electrons. The third-order valence-electron chi connectivity index (χ3n) is 4.93. The number of aliphatic imine (C=N–C) groups is 1. The van der Waals surface area contributed by atoms with Crippen molar-refractivity contribution in [3.05, 3.63) is 54.4 Å². The maximum Gasteiger partial charge on any atom is 0.191 e. The van der Waals surface area contributed by atoms with Crippen LogP contribution in [0.5, 0.6) is 0 Å². The molecular weight excluding hydrogens is 425 g/mol. The van der Waals surface area contributed by atoms with Crippen LogP contribution in [0, 0.1) is 0 Å². The molecule has 5 nitrogen and oxygen atoms in total. The van der Waals surface area contributed by atoms with Crippen LogP contribution >= 0.6 is 24.0 Å². The van der Waals surface area contributed by atoms with Gasteiger partial charge in [-0.05, 0) is 30.9 Å². The number of nitrogens with one attached hydrogen (secondary N) is 2. The zero-order valence-electron chi connectivity index (χ0n) is 14.8. The molecule has 0 amide bonds. The lowest BCUT2D eigenvalue weighted by Gasteiger charge is -2.43. The topological polar surface area (TPSA) is 54.2 Å². The standard InChI is InChI=1S/C19H27N5.HI/c1-20-18(21-12-6-14-24-15-7-13-23-24)22-16-19(10-5-11-19)17-8-3-2-4-9-17;/h2-4,7-9,13,15H,5-6,10-12,14,16H2,1H3,(H2,20,21,22);1H. The third kappa shape index (κ3) is 5.20. The Bertz CT molecular complexity index is 635. The van der Waals surface area contributed by atoms with Crippen molar-refractivity contribution in [3.8, 4) is 0 Å². The minimum Gasteiger partial charge on any atom is -0.356 e. The molecule has 2 aromatic rings. The normalized spacial score (nSPS) is 15.8. The Morgan fingerprint density at radius 1 is 1.20 bits per heavy atom. The van der Waals surface area contributed by atoms with E-state index in [1.54, 1.807) is 0 Å². The molecule has 0 aliphatic heterocycles. The van der Waals surface area contributed by atoms with Crippen LogP contribution in [0.2, 0.25) is 0 Å². The van der Waals surface area contributed by atoms with Crippen molar-refractivity contribution in [2.24, 2.45) is 4.99 Å². The molecule has 0 atom stereocenters. The Kier molecular flexibility index (Phi) is 7.74. The smallest absolute Gasteiger partial charge is 0.191 e. The van der Waals surface area contributed by atoms with Crippen molar-refractivity contribution < 1.29 is 0 Å². The summed E-state index contributed by atoms with van der Waals surface area (Å²) < 4.78 is 1.95. The fourth-order valence-electron chi connectivity index (χ4n) is 3.32. The summed E-state index contributed by atoms with van der Waals surface area (Å²) in [4.78, 5) is 4.35. The van der Waals surface area contributed by atoms with E-state index in [1.165, 1.54) is 24.8 Å². The number of hydrogen-bond acceptors (Lipinski definition) is 2. The van der Waals surface area contributed by atoms with E-state index in [1.807, 2.05) is 30.2 Å². The summed E-state index contributed by atoms with van der Waals surface area (Å²) in [6.45, 7) is 2.75. The average molecular weight is 453 g/mol. The fraction of sp³-hybridized carbons (Fsp3) is 0.474. The van der Waals surface area contributed by atoms with Gasteiger partial charge in [-0.2, -0.15) is 5.10 Å². The molecule has 1 fully saturated rings. The highest BCUT2D eigenvalue weighted by molar-refractivity contribution is 14.0. The molecule has 1 saturated carbocycles. The van der Waals surface area contributed by atoms with Gasteiger partial charge in [-0.15, -0.1) is 24.0 Å². The summed E-state index contributed by atoms with van der Waals surface area (Å²) >= 11 is 0. The number of aryl methyl sites for hydroxylation is 1. The number of aromatic nitrogens is 2. The molecule has 1 heterocycles.